The van der Waals surface area contributed by atoms with Gasteiger partial charge in [-0.05, 0) is 24.5 Å². The highest BCUT2D eigenvalue weighted by Crippen LogP contribution is 2.32. The molecule has 0 fully saturated rings. The lowest BCUT2D eigenvalue weighted by Gasteiger charge is -1.93. The second-order valence-electron chi connectivity index (χ2n) is 2.56. The molecular formula is C10H9NS2. The maximum atomic E-state index is 4.10. The predicted molar refractivity (Wildman–Crippen MR) is 59.3 cm³/mol. The van der Waals surface area contributed by atoms with Crippen LogP contribution in [0.4, 0.5) is 0 Å². The van der Waals surface area contributed by atoms with Crippen LogP contribution in [-0.2, 0) is 0 Å². The Morgan fingerprint density at radius 2 is 2.23 bits per heavy atom. The third-order valence-electron chi connectivity index (χ3n) is 1.73. The van der Waals surface area contributed by atoms with Crippen LogP contribution in [0.25, 0.3) is 10.4 Å². The van der Waals surface area contributed by atoms with E-state index in [1.807, 2.05) is 23.6 Å². The van der Waals surface area contributed by atoms with Crippen molar-refractivity contribution in [2.45, 2.75) is 4.21 Å². The maximum Gasteiger partial charge on any atom is 0.0602 e. The standard InChI is InChI=1S/C10H9NS2/c1-12-10-5-4-9(13-10)8-3-2-6-11-7-8/h2-7H,1H3. The first-order chi connectivity index (χ1) is 6.40. The van der Waals surface area contributed by atoms with Crippen molar-refractivity contribution >= 4 is 23.1 Å². The number of thiophene rings is 1. The molecule has 2 aromatic heterocycles. The molecule has 13 heavy (non-hydrogen) atoms. The zero-order valence-electron chi connectivity index (χ0n) is 7.23. The van der Waals surface area contributed by atoms with E-state index in [1.165, 1.54) is 14.6 Å². The third kappa shape index (κ3) is 1.92. The maximum absolute atomic E-state index is 4.10. The van der Waals surface area contributed by atoms with Gasteiger partial charge in [-0.15, -0.1) is 23.1 Å². The SMILES string of the molecule is CSc1ccc(-c2cccnc2)s1. The Hall–Kier alpha value is -0.800. The summed E-state index contributed by atoms with van der Waals surface area (Å²) < 4.78 is 1.35. The molecule has 3 heteroatoms. The third-order valence-corrected chi connectivity index (χ3v) is 3.95. The van der Waals surface area contributed by atoms with E-state index in [0.29, 0.717) is 0 Å². The molecule has 0 saturated carbocycles. The lowest BCUT2D eigenvalue weighted by molar-refractivity contribution is 1.33. The molecule has 0 unspecified atom stereocenters. The van der Waals surface area contributed by atoms with Crippen molar-refractivity contribution in [3.63, 3.8) is 0 Å². The first-order valence-electron chi connectivity index (χ1n) is 3.94. The van der Waals surface area contributed by atoms with Crippen molar-refractivity contribution in [3.05, 3.63) is 36.7 Å². The van der Waals surface area contributed by atoms with E-state index in [4.69, 9.17) is 0 Å². The topological polar surface area (TPSA) is 12.9 Å². The van der Waals surface area contributed by atoms with Crippen LogP contribution in [0.5, 0.6) is 0 Å². The summed E-state index contributed by atoms with van der Waals surface area (Å²) in [7, 11) is 0. The van der Waals surface area contributed by atoms with Gasteiger partial charge in [-0.3, -0.25) is 4.98 Å². The summed E-state index contributed by atoms with van der Waals surface area (Å²) in [6.45, 7) is 0. The van der Waals surface area contributed by atoms with Crippen molar-refractivity contribution < 1.29 is 0 Å². The average Bonchev–Trinajstić information content (AvgIpc) is 2.67. The van der Waals surface area contributed by atoms with Crippen molar-refractivity contribution in [1.29, 1.82) is 0 Å². The van der Waals surface area contributed by atoms with Gasteiger partial charge in [0, 0.05) is 22.8 Å². The van der Waals surface area contributed by atoms with Crippen LogP contribution in [-0.4, -0.2) is 11.2 Å². The Balaban J connectivity index is 2.36. The van der Waals surface area contributed by atoms with Gasteiger partial charge in [-0.1, -0.05) is 6.07 Å². The first kappa shape index (κ1) is 8.78. The monoisotopic (exact) mass is 207 g/mol. The molecule has 0 aliphatic rings. The highest BCUT2D eigenvalue weighted by Gasteiger charge is 2.00. The Bertz CT molecular complexity index is 381. The zero-order valence-corrected chi connectivity index (χ0v) is 8.86. The molecule has 0 bridgehead atoms. The number of pyridine rings is 1. The molecule has 0 aromatic carbocycles. The van der Waals surface area contributed by atoms with Crippen molar-refractivity contribution in [1.82, 2.24) is 4.98 Å². The highest BCUT2D eigenvalue weighted by molar-refractivity contribution is 8.00. The van der Waals surface area contributed by atoms with E-state index < -0.39 is 0 Å². The van der Waals surface area contributed by atoms with Gasteiger partial charge in [0.2, 0.25) is 0 Å². The fourth-order valence-corrected chi connectivity index (χ4v) is 2.63. The van der Waals surface area contributed by atoms with E-state index in [0.717, 1.165) is 0 Å². The Morgan fingerprint density at radius 3 is 2.85 bits per heavy atom. The molecule has 0 spiro atoms. The van der Waals surface area contributed by atoms with Crippen molar-refractivity contribution in [2.75, 3.05) is 6.26 Å². The summed E-state index contributed by atoms with van der Waals surface area (Å²) in [6.07, 6.45) is 5.79. The summed E-state index contributed by atoms with van der Waals surface area (Å²) >= 11 is 3.59. The van der Waals surface area contributed by atoms with Gasteiger partial charge in [0.05, 0.1) is 4.21 Å². The first-order valence-corrected chi connectivity index (χ1v) is 5.98. The molecular weight excluding hydrogens is 198 g/mol. The van der Waals surface area contributed by atoms with E-state index >= 15 is 0 Å². The summed E-state index contributed by atoms with van der Waals surface area (Å²) in [5.41, 5.74) is 1.20. The minimum absolute atomic E-state index is 1.20. The van der Waals surface area contributed by atoms with Gasteiger partial charge >= 0.3 is 0 Å². The van der Waals surface area contributed by atoms with Crippen molar-refractivity contribution in [2.24, 2.45) is 0 Å². The summed E-state index contributed by atoms with van der Waals surface area (Å²) in [5.74, 6) is 0. The summed E-state index contributed by atoms with van der Waals surface area (Å²) in [4.78, 5) is 5.39. The second-order valence-corrected chi connectivity index (χ2v) is 4.75. The fourth-order valence-electron chi connectivity index (χ4n) is 1.09. The van der Waals surface area contributed by atoms with Gasteiger partial charge in [0.15, 0.2) is 0 Å². The average molecular weight is 207 g/mol. The van der Waals surface area contributed by atoms with Crippen LogP contribution < -0.4 is 0 Å². The second kappa shape index (κ2) is 3.94. The van der Waals surface area contributed by atoms with Gasteiger partial charge in [0.25, 0.3) is 0 Å². The van der Waals surface area contributed by atoms with Gasteiger partial charge < -0.3 is 0 Å². The lowest BCUT2D eigenvalue weighted by atomic mass is 10.2. The fraction of sp³-hybridized carbons (Fsp3) is 0.100. The molecule has 0 N–H and O–H groups in total. The quantitative estimate of drug-likeness (QED) is 0.699. The van der Waals surface area contributed by atoms with Crippen LogP contribution in [0.2, 0.25) is 0 Å². The number of thioether (sulfide) groups is 1. The van der Waals surface area contributed by atoms with Gasteiger partial charge in [-0.25, -0.2) is 0 Å². The molecule has 0 radical (unpaired) electrons. The Labute approximate surface area is 85.8 Å². The molecule has 2 aromatic rings. The molecule has 2 rings (SSSR count). The van der Waals surface area contributed by atoms with Crippen LogP contribution in [0.1, 0.15) is 0 Å². The Kier molecular flexibility index (Phi) is 2.66. The minimum atomic E-state index is 1.20. The highest BCUT2D eigenvalue weighted by atomic mass is 32.2. The minimum Gasteiger partial charge on any atom is -0.264 e. The molecule has 1 nitrogen and oxygen atoms in total. The molecule has 66 valence electrons. The molecule has 0 amide bonds. The van der Waals surface area contributed by atoms with Crippen molar-refractivity contribution in [3.8, 4) is 10.4 Å². The van der Waals surface area contributed by atoms with E-state index in [9.17, 15) is 0 Å². The predicted octanol–water partition coefficient (Wildman–Crippen LogP) is 3.53. The van der Waals surface area contributed by atoms with E-state index in [-0.39, 0.29) is 0 Å². The van der Waals surface area contributed by atoms with Gasteiger partial charge in [0.1, 0.15) is 0 Å². The summed E-state index contributed by atoms with van der Waals surface area (Å²) in [5, 5.41) is 0. The van der Waals surface area contributed by atoms with E-state index in [1.54, 1.807) is 18.0 Å². The van der Waals surface area contributed by atoms with Crippen LogP contribution in [0.3, 0.4) is 0 Å². The Morgan fingerprint density at radius 1 is 1.31 bits per heavy atom. The van der Waals surface area contributed by atoms with Crippen LogP contribution in [0.15, 0.2) is 40.9 Å². The normalized spacial score (nSPS) is 10.2. The molecule has 2 heterocycles. The van der Waals surface area contributed by atoms with Crippen LogP contribution >= 0.6 is 23.1 Å². The number of hydrogen-bond acceptors (Lipinski definition) is 3. The van der Waals surface area contributed by atoms with E-state index in [2.05, 4.69) is 29.4 Å². The number of hydrogen-bond donors (Lipinski definition) is 0. The number of nitrogens with zero attached hydrogens (tertiary/aromatic N) is 1. The molecule has 0 atom stereocenters. The molecule has 0 aliphatic carbocycles. The largest absolute Gasteiger partial charge is 0.264 e. The lowest BCUT2D eigenvalue weighted by Crippen LogP contribution is -1.72. The van der Waals surface area contributed by atoms with Gasteiger partial charge in [-0.2, -0.15) is 0 Å². The number of aromatic nitrogens is 1. The molecule has 0 saturated heterocycles. The smallest absolute Gasteiger partial charge is 0.0602 e. The zero-order chi connectivity index (χ0) is 9.10. The summed E-state index contributed by atoms with van der Waals surface area (Å²) in [6, 6.07) is 8.35. The van der Waals surface area contributed by atoms with Crippen LogP contribution in [0, 0.1) is 0 Å². The number of rotatable bonds is 2. The molecule has 0 aliphatic heterocycles.